The predicted molar refractivity (Wildman–Crippen MR) is 138 cm³/mol. The number of carbonyl (C=O) groups is 4. The lowest BCUT2D eigenvalue weighted by Gasteiger charge is -2.23. The molecule has 0 aromatic heterocycles. The van der Waals surface area contributed by atoms with E-state index < -0.39 is 29.9 Å². The van der Waals surface area contributed by atoms with Gasteiger partial charge in [-0.15, -0.1) is 0 Å². The average molecular weight is 504 g/mol. The maximum atomic E-state index is 13.3. The van der Waals surface area contributed by atoms with Gasteiger partial charge in [0.15, 0.2) is 0 Å². The molecule has 3 aromatic carbocycles. The molecule has 3 amide bonds. The summed E-state index contributed by atoms with van der Waals surface area (Å²) in [7, 11) is 1.23. The summed E-state index contributed by atoms with van der Waals surface area (Å²) < 4.78 is 4.88. The van der Waals surface area contributed by atoms with Crippen LogP contribution in [0.1, 0.15) is 28.4 Å². The number of methoxy groups -OCH3 is 1. The summed E-state index contributed by atoms with van der Waals surface area (Å²) in [5.41, 5.74) is 2.36. The number of rotatable bonds is 10. The van der Waals surface area contributed by atoms with Crippen LogP contribution >= 0.6 is 0 Å². The lowest BCUT2D eigenvalue weighted by molar-refractivity contribution is -0.145. The van der Waals surface area contributed by atoms with E-state index in [1.165, 1.54) is 26.2 Å². The number of anilines is 1. The van der Waals surface area contributed by atoms with Crippen LogP contribution in [0.25, 0.3) is 0 Å². The highest BCUT2D eigenvalue weighted by Gasteiger charge is 2.28. The number of phenolic OH excluding ortho intramolecular Hbond substituents is 1. The minimum atomic E-state index is -1.01. The molecule has 2 atom stereocenters. The van der Waals surface area contributed by atoms with Crippen LogP contribution in [0.4, 0.5) is 5.69 Å². The van der Waals surface area contributed by atoms with Crippen molar-refractivity contribution in [3.05, 3.63) is 95.6 Å². The first-order valence-corrected chi connectivity index (χ1v) is 11.6. The summed E-state index contributed by atoms with van der Waals surface area (Å²) in [6.07, 6.45) is 0.324. The third-order valence-corrected chi connectivity index (χ3v) is 5.55. The molecule has 0 fully saturated rings. The topological polar surface area (TPSA) is 134 Å². The fourth-order valence-electron chi connectivity index (χ4n) is 3.68. The number of ether oxygens (including phenoxy) is 1. The highest BCUT2D eigenvalue weighted by Crippen LogP contribution is 2.13. The number of carbonyl (C=O) groups excluding carboxylic acids is 4. The van der Waals surface area contributed by atoms with Crippen molar-refractivity contribution >= 4 is 29.4 Å². The summed E-state index contributed by atoms with van der Waals surface area (Å²) >= 11 is 0. The predicted octanol–water partition coefficient (Wildman–Crippen LogP) is 2.59. The molecule has 4 N–H and O–H groups in total. The van der Waals surface area contributed by atoms with E-state index >= 15 is 0 Å². The number of phenols is 1. The molecule has 9 heteroatoms. The third kappa shape index (κ3) is 8.21. The molecule has 192 valence electrons. The van der Waals surface area contributed by atoms with Crippen molar-refractivity contribution in [1.29, 1.82) is 0 Å². The van der Waals surface area contributed by atoms with E-state index in [0.717, 1.165) is 5.56 Å². The van der Waals surface area contributed by atoms with E-state index in [0.29, 0.717) is 16.8 Å². The zero-order valence-corrected chi connectivity index (χ0v) is 20.6. The van der Waals surface area contributed by atoms with Gasteiger partial charge in [-0.2, -0.15) is 0 Å². The largest absolute Gasteiger partial charge is 0.508 e. The minimum Gasteiger partial charge on any atom is -0.508 e. The van der Waals surface area contributed by atoms with Crippen molar-refractivity contribution in [3.63, 3.8) is 0 Å². The van der Waals surface area contributed by atoms with Crippen LogP contribution in [0.2, 0.25) is 0 Å². The van der Waals surface area contributed by atoms with Gasteiger partial charge in [0.1, 0.15) is 17.8 Å². The zero-order valence-electron chi connectivity index (χ0n) is 20.6. The van der Waals surface area contributed by atoms with E-state index in [2.05, 4.69) is 16.0 Å². The number of esters is 1. The van der Waals surface area contributed by atoms with Crippen LogP contribution in [0, 0.1) is 0 Å². The van der Waals surface area contributed by atoms with E-state index in [4.69, 9.17) is 4.74 Å². The van der Waals surface area contributed by atoms with Crippen LogP contribution in [0.3, 0.4) is 0 Å². The van der Waals surface area contributed by atoms with E-state index in [1.807, 2.05) is 30.3 Å². The maximum Gasteiger partial charge on any atom is 0.328 e. The Kier molecular flexibility index (Phi) is 9.37. The fraction of sp³-hybridized carbons (Fsp3) is 0.214. The molecule has 0 spiro atoms. The van der Waals surface area contributed by atoms with Crippen molar-refractivity contribution in [2.75, 3.05) is 12.4 Å². The molecule has 9 nitrogen and oxygen atoms in total. The molecule has 37 heavy (non-hydrogen) atoms. The van der Waals surface area contributed by atoms with Crippen molar-refractivity contribution < 1.29 is 29.0 Å². The number of benzene rings is 3. The summed E-state index contributed by atoms with van der Waals surface area (Å²) in [6, 6.07) is 19.7. The van der Waals surface area contributed by atoms with Gasteiger partial charge in [-0.3, -0.25) is 14.4 Å². The second-order valence-electron chi connectivity index (χ2n) is 8.43. The molecule has 0 bridgehead atoms. The Morgan fingerprint density at radius 1 is 0.784 bits per heavy atom. The Hall–Kier alpha value is -4.66. The Balaban J connectivity index is 1.78. The highest BCUT2D eigenvalue weighted by molar-refractivity contribution is 5.99. The van der Waals surface area contributed by atoms with Crippen LogP contribution < -0.4 is 16.0 Å². The molecule has 0 unspecified atom stereocenters. The first-order chi connectivity index (χ1) is 17.7. The molecule has 0 saturated carbocycles. The first-order valence-electron chi connectivity index (χ1n) is 11.6. The Morgan fingerprint density at radius 2 is 1.38 bits per heavy atom. The molecule has 0 heterocycles. The number of amides is 3. The van der Waals surface area contributed by atoms with Crippen molar-refractivity contribution in [2.45, 2.75) is 31.8 Å². The van der Waals surface area contributed by atoms with Gasteiger partial charge in [0.05, 0.1) is 7.11 Å². The summed E-state index contributed by atoms with van der Waals surface area (Å²) in [5, 5.41) is 17.6. The van der Waals surface area contributed by atoms with Gasteiger partial charge in [0, 0.05) is 31.0 Å². The van der Waals surface area contributed by atoms with E-state index in [-0.39, 0.29) is 24.5 Å². The lowest BCUT2D eigenvalue weighted by Crippen LogP contribution is -2.53. The van der Waals surface area contributed by atoms with Gasteiger partial charge in [-0.05, 0) is 47.5 Å². The van der Waals surface area contributed by atoms with Crippen LogP contribution in [-0.2, 0) is 32.0 Å². The van der Waals surface area contributed by atoms with Crippen molar-refractivity contribution in [2.24, 2.45) is 0 Å². The molecular weight excluding hydrogens is 474 g/mol. The molecule has 0 saturated heterocycles. The second-order valence-corrected chi connectivity index (χ2v) is 8.43. The molecule has 3 aromatic rings. The SMILES string of the molecule is COC(=O)[C@H](Cc1ccc(O)cc1)NC(=O)[C@H](Cc1ccccc1)NC(=O)c1ccc(NC(C)=O)cc1. The van der Waals surface area contributed by atoms with Crippen LogP contribution in [-0.4, -0.2) is 48.0 Å². The first kappa shape index (κ1) is 26.9. The number of hydrogen-bond donors (Lipinski definition) is 4. The quantitative estimate of drug-likeness (QED) is 0.314. The van der Waals surface area contributed by atoms with Gasteiger partial charge in [-0.25, -0.2) is 4.79 Å². The van der Waals surface area contributed by atoms with Gasteiger partial charge >= 0.3 is 5.97 Å². The van der Waals surface area contributed by atoms with E-state index in [1.54, 1.807) is 36.4 Å². The molecule has 0 radical (unpaired) electrons. The smallest absolute Gasteiger partial charge is 0.328 e. The summed E-state index contributed by atoms with van der Waals surface area (Å²) in [4.78, 5) is 50.0. The normalized spacial score (nSPS) is 12.1. The molecular formula is C28H29N3O6. The fourth-order valence-corrected chi connectivity index (χ4v) is 3.68. The van der Waals surface area contributed by atoms with Crippen molar-refractivity contribution in [1.82, 2.24) is 10.6 Å². The summed E-state index contributed by atoms with van der Waals surface area (Å²) in [5.74, 6) is -1.83. The molecule has 3 rings (SSSR count). The van der Waals surface area contributed by atoms with Gasteiger partial charge in [0.2, 0.25) is 11.8 Å². The van der Waals surface area contributed by atoms with Crippen LogP contribution in [0.5, 0.6) is 5.75 Å². The second kappa shape index (κ2) is 12.9. The number of aromatic hydroxyl groups is 1. The Bertz CT molecular complexity index is 1230. The number of nitrogens with one attached hydrogen (secondary N) is 3. The van der Waals surface area contributed by atoms with E-state index in [9.17, 15) is 24.3 Å². The van der Waals surface area contributed by atoms with Gasteiger partial charge in [-0.1, -0.05) is 42.5 Å². The molecule has 0 aliphatic carbocycles. The van der Waals surface area contributed by atoms with Crippen molar-refractivity contribution in [3.8, 4) is 5.75 Å². The van der Waals surface area contributed by atoms with Gasteiger partial charge < -0.3 is 25.8 Å². The molecule has 0 aliphatic heterocycles. The third-order valence-electron chi connectivity index (χ3n) is 5.55. The standard InChI is InChI=1S/C28H29N3O6/c1-18(32)29-22-12-10-21(11-13-22)26(34)30-24(16-19-6-4-3-5-7-19)27(35)31-25(28(36)37-2)17-20-8-14-23(33)15-9-20/h3-15,24-25,33H,16-17H2,1-2H3,(H,29,32)(H,30,34)(H,31,35)/t24-,25-/m0/s1. The minimum absolute atomic E-state index is 0.0816. The highest BCUT2D eigenvalue weighted by atomic mass is 16.5. The Labute approximate surface area is 214 Å². The summed E-state index contributed by atoms with van der Waals surface area (Å²) in [6.45, 7) is 1.39. The molecule has 0 aliphatic rings. The maximum absolute atomic E-state index is 13.3. The monoisotopic (exact) mass is 503 g/mol. The average Bonchev–Trinajstić information content (AvgIpc) is 2.89. The van der Waals surface area contributed by atoms with Gasteiger partial charge in [0.25, 0.3) is 5.91 Å². The van der Waals surface area contributed by atoms with Crippen LogP contribution in [0.15, 0.2) is 78.9 Å². The zero-order chi connectivity index (χ0) is 26.8. The number of hydrogen-bond acceptors (Lipinski definition) is 6. The lowest BCUT2D eigenvalue weighted by atomic mass is 10.0. The Morgan fingerprint density at radius 3 is 1.97 bits per heavy atom.